The van der Waals surface area contributed by atoms with Crippen molar-refractivity contribution in [3.05, 3.63) is 23.8 Å². The lowest BCUT2D eigenvalue weighted by molar-refractivity contribution is 0.398. The zero-order chi connectivity index (χ0) is 12.5. The molecule has 0 amide bonds. The van der Waals surface area contributed by atoms with E-state index in [0.717, 1.165) is 5.56 Å². The minimum atomic E-state index is 0.0559. The number of hydrogen-bond donors (Lipinski definition) is 2. The van der Waals surface area contributed by atoms with Crippen molar-refractivity contribution >= 4 is 22.6 Å². The molecule has 0 fully saturated rings. The molecule has 2 N–H and O–H groups in total. The Labute approximate surface area is 111 Å². The monoisotopic (exact) mass is 334 g/mol. The summed E-state index contributed by atoms with van der Waals surface area (Å²) in [6, 6.07) is 4.86. The van der Waals surface area contributed by atoms with Gasteiger partial charge in [-0.2, -0.15) is 0 Å². The van der Waals surface area contributed by atoms with E-state index in [2.05, 4.69) is 50.3 Å². The molecule has 1 aromatic carbocycles. The second-order valence-corrected chi connectivity index (χ2v) is 7.81. The highest BCUT2D eigenvalue weighted by molar-refractivity contribution is 14.1. The molecule has 0 aromatic heterocycles. The highest BCUT2D eigenvalue weighted by Gasteiger charge is 2.32. The maximum atomic E-state index is 9.91. The molecule has 2 nitrogen and oxygen atoms in total. The van der Waals surface area contributed by atoms with Crippen LogP contribution in [0.3, 0.4) is 0 Å². The molecule has 1 atom stereocenters. The van der Waals surface area contributed by atoms with Gasteiger partial charge in [-0.3, -0.25) is 0 Å². The number of phenolic OH excluding ortho intramolecular Hbond substituents is 2. The molecular formula is C13H19IO2. The molecule has 0 saturated carbocycles. The molecule has 0 aliphatic carbocycles. The van der Waals surface area contributed by atoms with Gasteiger partial charge in [0.15, 0.2) is 0 Å². The maximum Gasteiger partial charge on any atom is 0.122 e. The summed E-state index contributed by atoms with van der Waals surface area (Å²) in [6.45, 7) is 8.61. The molecule has 0 heterocycles. The van der Waals surface area contributed by atoms with Crippen LogP contribution in [0.5, 0.6) is 11.5 Å². The van der Waals surface area contributed by atoms with Gasteiger partial charge in [0, 0.05) is 15.4 Å². The van der Waals surface area contributed by atoms with Crippen molar-refractivity contribution in [3.63, 3.8) is 0 Å². The van der Waals surface area contributed by atoms with E-state index in [1.54, 1.807) is 6.07 Å². The largest absolute Gasteiger partial charge is 0.508 e. The van der Waals surface area contributed by atoms with Gasteiger partial charge in [0.1, 0.15) is 11.5 Å². The summed E-state index contributed by atoms with van der Waals surface area (Å²) in [5, 5.41) is 19.2. The molecule has 16 heavy (non-hydrogen) atoms. The van der Waals surface area contributed by atoms with Crippen LogP contribution in [0.4, 0.5) is 0 Å². The van der Waals surface area contributed by atoms with E-state index in [4.69, 9.17) is 0 Å². The number of rotatable bonds is 3. The van der Waals surface area contributed by atoms with E-state index >= 15 is 0 Å². The van der Waals surface area contributed by atoms with Crippen LogP contribution < -0.4 is 0 Å². The van der Waals surface area contributed by atoms with Crippen molar-refractivity contribution in [2.75, 3.05) is 0 Å². The SMILES string of the molecule is CC(C)C(c1ccc(O)cc1O)C(C)(C)I. The lowest BCUT2D eigenvalue weighted by atomic mass is 9.79. The zero-order valence-corrected chi connectivity index (χ0v) is 12.3. The molecule has 3 heteroatoms. The molecule has 0 aliphatic rings. The molecule has 0 radical (unpaired) electrons. The third kappa shape index (κ3) is 3.03. The van der Waals surface area contributed by atoms with Crippen molar-refractivity contribution in [1.29, 1.82) is 0 Å². The van der Waals surface area contributed by atoms with Crippen LogP contribution in [-0.4, -0.2) is 13.6 Å². The second-order valence-electron chi connectivity index (χ2n) is 5.03. The van der Waals surface area contributed by atoms with Gasteiger partial charge in [-0.05, 0) is 17.5 Å². The van der Waals surface area contributed by atoms with E-state index < -0.39 is 0 Å². The summed E-state index contributed by atoms with van der Waals surface area (Å²) in [5.74, 6) is 0.981. The highest BCUT2D eigenvalue weighted by Crippen LogP contribution is 2.44. The van der Waals surface area contributed by atoms with E-state index in [0.29, 0.717) is 5.92 Å². The Morgan fingerprint density at radius 2 is 1.75 bits per heavy atom. The van der Waals surface area contributed by atoms with E-state index in [9.17, 15) is 10.2 Å². The summed E-state index contributed by atoms with van der Waals surface area (Å²) in [5.41, 5.74) is 0.909. The van der Waals surface area contributed by atoms with Crippen LogP contribution in [0.25, 0.3) is 0 Å². The van der Waals surface area contributed by atoms with Crippen molar-refractivity contribution in [1.82, 2.24) is 0 Å². The van der Waals surface area contributed by atoms with Gasteiger partial charge in [-0.15, -0.1) is 0 Å². The van der Waals surface area contributed by atoms with E-state index in [-0.39, 0.29) is 20.8 Å². The molecule has 0 spiro atoms. The minimum Gasteiger partial charge on any atom is -0.508 e. The van der Waals surface area contributed by atoms with Gasteiger partial charge in [-0.25, -0.2) is 0 Å². The summed E-state index contributed by atoms with van der Waals surface area (Å²) >= 11 is 2.41. The fourth-order valence-electron chi connectivity index (χ4n) is 2.32. The average Bonchev–Trinajstić information content (AvgIpc) is 2.06. The van der Waals surface area contributed by atoms with Gasteiger partial charge in [-0.1, -0.05) is 56.4 Å². The lowest BCUT2D eigenvalue weighted by Crippen LogP contribution is -2.26. The predicted molar refractivity (Wildman–Crippen MR) is 75.4 cm³/mol. The Kier molecular flexibility index (Phi) is 4.10. The Hall–Kier alpha value is -0.450. The van der Waals surface area contributed by atoms with Crippen LogP contribution in [0.2, 0.25) is 0 Å². The van der Waals surface area contributed by atoms with Crippen LogP contribution in [-0.2, 0) is 0 Å². The maximum absolute atomic E-state index is 9.91. The number of hydrogen-bond acceptors (Lipinski definition) is 2. The molecule has 1 aromatic rings. The summed E-state index contributed by atoms with van der Waals surface area (Å²) < 4.78 is 0.0559. The summed E-state index contributed by atoms with van der Waals surface area (Å²) in [4.78, 5) is 0. The molecule has 1 unspecified atom stereocenters. The third-order valence-corrected chi connectivity index (χ3v) is 3.43. The van der Waals surface area contributed by atoms with Crippen molar-refractivity contribution < 1.29 is 10.2 Å². The second kappa shape index (κ2) is 4.82. The van der Waals surface area contributed by atoms with Crippen LogP contribution in [0.1, 0.15) is 39.2 Å². The number of alkyl halides is 1. The Balaban J connectivity index is 3.22. The number of phenols is 2. The first-order valence-corrected chi connectivity index (χ1v) is 6.52. The number of benzene rings is 1. The summed E-state index contributed by atoms with van der Waals surface area (Å²) in [6.07, 6.45) is 0. The first-order valence-electron chi connectivity index (χ1n) is 5.44. The van der Waals surface area contributed by atoms with E-state index in [1.165, 1.54) is 6.07 Å². The van der Waals surface area contributed by atoms with Crippen molar-refractivity contribution in [2.45, 2.75) is 37.0 Å². The fraction of sp³-hybridized carbons (Fsp3) is 0.538. The molecule has 0 aliphatic heterocycles. The van der Waals surface area contributed by atoms with Gasteiger partial charge in [0.05, 0.1) is 0 Å². The highest BCUT2D eigenvalue weighted by atomic mass is 127. The van der Waals surface area contributed by atoms with Crippen LogP contribution in [0.15, 0.2) is 18.2 Å². The topological polar surface area (TPSA) is 40.5 Å². The molecular weight excluding hydrogens is 315 g/mol. The Bertz CT molecular complexity index is 367. The lowest BCUT2D eigenvalue weighted by Gasteiger charge is -2.33. The molecule has 1 rings (SSSR count). The first-order chi connectivity index (χ1) is 7.23. The Morgan fingerprint density at radius 1 is 1.19 bits per heavy atom. The molecule has 0 bridgehead atoms. The summed E-state index contributed by atoms with van der Waals surface area (Å²) in [7, 11) is 0. The van der Waals surface area contributed by atoms with Gasteiger partial charge < -0.3 is 10.2 Å². The Morgan fingerprint density at radius 3 is 2.12 bits per heavy atom. The van der Waals surface area contributed by atoms with E-state index in [1.807, 2.05) is 6.07 Å². The standard InChI is InChI=1S/C13H19IO2/c1-8(2)12(13(3,4)14)10-6-5-9(15)7-11(10)16/h5-8,12,15-16H,1-4H3. The first kappa shape index (κ1) is 13.6. The predicted octanol–water partition coefficient (Wildman–Crippen LogP) is 4.05. The number of halogens is 1. The third-order valence-electron chi connectivity index (χ3n) is 2.76. The van der Waals surface area contributed by atoms with Gasteiger partial charge >= 0.3 is 0 Å². The molecule has 0 saturated heterocycles. The quantitative estimate of drug-likeness (QED) is 0.647. The normalized spacial score (nSPS) is 14.1. The van der Waals surface area contributed by atoms with Crippen LogP contribution >= 0.6 is 22.6 Å². The smallest absolute Gasteiger partial charge is 0.122 e. The van der Waals surface area contributed by atoms with Crippen molar-refractivity contribution in [3.8, 4) is 11.5 Å². The van der Waals surface area contributed by atoms with Crippen molar-refractivity contribution in [2.24, 2.45) is 5.92 Å². The van der Waals surface area contributed by atoms with Crippen LogP contribution in [0, 0.1) is 5.92 Å². The number of aromatic hydroxyl groups is 2. The average molecular weight is 334 g/mol. The molecule has 90 valence electrons. The fourth-order valence-corrected chi connectivity index (χ4v) is 3.37. The zero-order valence-electron chi connectivity index (χ0n) is 10.2. The minimum absolute atomic E-state index is 0.0559. The van der Waals surface area contributed by atoms with Gasteiger partial charge in [0.25, 0.3) is 0 Å². The van der Waals surface area contributed by atoms with Gasteiger partial charge in [0.2, 0.25) is 0 Å².